The van der Waals surface area contributed by atoms with Crippen molar-refractivity contribution in [3.8, 4) is 11.5 Å². The van der Waals surface area contributed by atoms with E-state index in [0.29, 0.717) is 5.46 Å². The molecule has 138 valence electrons. The minimum Gasteiger partial charge on any atom is -0.532 e. The van der Waals surface area contributed by atoms with Crippen LogP contribution in [0.3, 0.4) is 0 Å². The Balaban J connectivity index is 1.78. The molecule has 0 spiro atoms. The number of carboxylic acid groups (broad SMARTS) is 1. The van der Waals surface area contributed by atoms with E-state index in [4.69, 9.17) is 14.0 Å². The number of benzene rings is 1. The van der Waals surface area contributed by atoms with Gasteiger partial charge >= 0.3 is 13.1 Å². The fourth-order valence-corrected chi connectivity index (χ4v) is 2.51. The van der Waals surface area contributed by atoms with Crippen molar-refractivity contribution in [3.05, 3.63) is 35.7 Å². The van der Waals surface area contributed by atoms with Crippen molar-refractivity contribution in [1.29, 1.82) is 0 Å². The first-order valence-electron chi connectivity index (χ1n) is 8.01. The lowest BCUT2D eigenvalue weighted by molar-refractivity contribution is -0.285. The van der Waals surface area contributed by atoms with Crippen LogP contribution in [-0.4, -0.2) is 44.2 Å². The van der Waals surface area contributed by atoms with Gasteiger partial charge in [-0.05, 0) is 19.9 Å². The fraction of sp³-hybridized carbons (Fsp3) is 0.375. The van der Waals surface area contributed by atoms with Crippen LogP contribution in [0.15, 0.2) is 24.5 Å². The summed E-state index contributed by atoms with van der Waals surface area (Å²) < 4.78 is 17.5. The summed E-state index contributed by atoms with van der Waals surface area (Å²) >= 11 is 0. The van der Waals surface area contributed by atoms with Crippen LogP contribution in [0.1, 0.15) is 42.7 Å². The van der Waals surface area contributed by atoms with E-state index in [2.05, 4.69) is 5.10 Å². The van der Waals surface area contributed by atoms with Gasteiger partial charge in [0.15, 0.2) is 0 Å². The van der Waals surface area contributed by atoms with E-state index in [0.717, 1.165) is 12.5 Å². The molecule has 10 heteroatoms. The summed E-state index contributed by atoms with van der Waals surface area (Å²) in [5.41, 5.74) is 1.06. The van der Waals surface area contributed by atoms with Gasteiger partial charge in [0.2, 0.25) is 0 Å². The summed E-state index contributed by atoms with van der Waals surface area (Å²) in [5, 5.41) is 32.2. The smallest absolute Gasteiger partial charge is 0.532 e. The Morgan fingerprint density at radius 2 is 2.15 bits per heavy atom. The van der Waals surface area contributed by atoms with E-state index in [9.17, 15) is 20.1 Å². The number of carboxylic acids is 1. The Labute approximate surface area is 149 Å². The Hall–Kier alpha value is -2.56. The molecule has 1 aliphatic heterocycles. The summed E-state index contributed by atoms with van der Waals surface area (Å²) in [5.74, 6) is -3.38. The molecule has 0 unspecified atom stereocenters. The highest BCUT2D eigenvalue weighted by Crippen LogP contribution is 2.34. The normalized spacial score (nSPS) is 13.2. The van der Waals surface area contributed by atoms with Crippen LogP contribution in [0, 0.1) is 0 Å². The number of carbonyl (C=O) groups is 1. The molecule has 0 saturated carbocycles. The first-order chi connectivity index (χ1) is 12.2. The number of hydrogen-bond acceptors (Lipinski definition) is 7. The molecule has 2 heterocycles. The summed E-state index contributed by atoms with van der Waals surface area (Å²) in [6.07, 6.45) is 3.49. The lowest BCUT2D eigenvalue weighted by Crippen LogP contribution is -2.55. The maximum Gasteiger partial charge on any atom is 0.570 e. The number of aromatic nitrogens is 2. The number of nitrogens with zero attached hydrogens (tertiary/aromatic N) is 2. The van der Waals surface area contributed by atoms with Gasteiger partial charge in [0.1, 0.15) is 23.7 Å². The molecule has 3 rings (SSSR count). The Morgan fingerprint density at radius 3 is 2.73 bits per heavy atom. The van der Waals surface area contributed by atoms with Crippen LogP contribution in [0.5, 0.6) is 11.5 Å². The molecule has 0 atom stereocenters. The Morgan fingerprint density at radius 1 is 1.42 bits per heavy atom. The summed E-state index contributed by atoms with van der Waals surface area (Å²) in [4.78, 5) is 11.6. The van der Waals surface area contributed by atoms with Crippen molar-refractivity contribution in [1.82, 2.24) is 9.78 Å². The van der Waals surface area contributed by atoms with Gasteiger partial charge in [-0.3, -0.25) is 4.68 Å². The topological polar surface area (TPSA) is 123 Å². The monoisotopic (exact) mass is 362 g/mol. The summed E-state index contributed by atoms with van der Waals surface area (Å²) in [6.45, 7) is 5.17. The third kappa shape index (κ3) is 3.67. The van der Waals surface area contributed by atoms with E-state index < -0.39 is 19.1 Å². The molecule has 0 aliphatic carbocycles. The molecule has 2 aromatic rings. The predicted octanol–water partition coefficient (Wildman–Crippen LogP) is 0.504. The second-order valence-electron chi connectivity index (χ2n) is 6.37. The van der Waals surface area contributed by atoms with Crippen LogP contribution in [0.4, 0.5) is 0 Å². The highest BCUT2D eigenvalue weighted by molar-refractivity contribution is 6.67. The van der Waals surface area contributed by atoms with E-state index >= 15 is 0 Å². The summed E-state index contributed by atoms with van der Waals surface area (Å²) in [7, 11) is -1.05. The first-order valence-corrected chi connectivity index (χ1v) is 8.01. The molecular formula is C16H19BN2O7. The van der Waals surface area contributed by atoms with Crippen molar-refractivity contribution in [2.75, 3.05) is 0 Å². The molecule has 0 radical (unpaired) electrons. The zero-order chi connectivity index (χ0) is 19.1. The highest BCUT2D eigenvalue weighted by atomic mass is 16.8. The lowest BCUT2D eigenvalue weighted by Gasteiger charge is -2.32. The molecule has 9 nitrogen and oxygen atoms in total. The number of fused-ring (bicyclic) bond motifs is 1. The molecular weight excluding hydrogens is 343 g/mol. The molecule has 1 aromatic heterocycles. The fourth-order valence-electron chi connectivity index (χ4n) is 2.51. The van der Waals surface area contributed by atoms with Crippen LogP contribution in [0.2, 0.25) is 0 Å². The molecule has 26 heavy (non-hydrogen) atoms. The number of hydrogen-bond donors (Lipinski definition) is 3. The Bertz CT molecular complexity index is 828. The predicted molar refractivity (Wildman–Crippen MR) is 90.3 cm³/mol. The van der Waals surface area contributed by atoms with Gasteiger partial charge in [0.25, 0.3) is 5.97 Å². The lowest BCUT2D eigenvalue weighted by atomic mass is 9.71. The van der Waals surface area contributed by atoms with Crippen molar-refractivity contribution < 1.29 is 34.2 Å². The minimum atomic E-state index is -2.39. The van der Waals surface area contributed by atoms with Crippen LogP contribution in [-0.2, 0) is 11.3 Å². The minimum absolute atomic E-state index is 0.0853. The van der Waals surface area contributed by atoms with Gasteiger partial charge in [-0.1, -0.05) is 6.07 Å². The van der Waals surface area contributed by atoms with Gasteiger partial charge in [-0.2, -0.15) is 5.10 Å². The SMILES string of the molecule is CC(C)n1cc(COc2ccc3c(c2C(=O)O)OB3OC(C)(O)O)cn1. The number of rotatable bonds is 7. The maximum atomic E-state index is 11.6. The van der Waals surface area contributed by atoms with Gasteiger partial charge in [-0.15, -0.1) is 0 Å². The second-order valence-corrected chi connectivity index (χ2v) is 6.37. The molecule has 1 aromatic carbocycles. The van der Waals surface area contributed by atoms with Crippen LogP contribution >= 0.6 is 0 Å². The third-order valence-corrected chi connectivity index (χ3v) is 3.75. The average Bonchev–Trinajstić information content (AvgIpc) is 2.98. The number of ether oxygens (including phenoxy) is 1. The molecule has 0 fully saturated rings. The zero-order valence-corrected chi connectivity index (χ0v) is 14.5. The molecule has 0 bridgehead atoms. The highest BCUT2D eigenvalue weighted by Gasteiger charge is 2.45. The third-order valence-electron chi connectivity index (χ3n) is 3.75. The standard InChI is InChI=1S/C16H19BN2O7/c1-9(2)19-7-10(6-18-19)8-24-12-5-4-11-14(13(12)15(20)21)25-17(11)26-16(3,22)23/h4-7,9,22-23H,8H2,1-3H3,(H,20,21). The van der Waals surface area contributed by atoms with Crippen molar-refractivity contribution in [2.24, 2.45) is 0 Å². The van der Waals surface area contributed by atoms with E-state index in [-0.39, 0.29) is 29.7 Å². The largest absolute Gasteiger partial charge is 0.570 e. The quantitative estimate of drug-likeness (QED) is 0.481. The Kier molecular flexibility index (Phi) is 4.65. The molecule has 1 aliphatic rings. The van der Waals surface area contributed by atoms with E-state index in [1.807, 2.05) is 20.0 Å². The first kappa shape index (κ1) is 18.2. The van der Waals surface area contributed by atoms with Crippen molar-refractivity contribution >= 4 is 18.6 Å². The zero-order valence-electron chi connectivity index (χ0n) is 14.5. The van der Waals surface area contributed by atoms with Gasteiger partial charge in [-0.25, -0.2) is 4.79 Å². The molecule has 0 saturated heterocycles. The van der Waals surface area contributed by atoms with Crippen LogP contribution < -0.4 is 14.9 Å². The molecule has 0 amide bonds. The number of aliphatic hydroxyl groups is 2. The van der Waals surface area contributed by atoms with E-state index in [1.165, 1.54) is 6.07 Å². The summed E-state index contributed by atoms with van der Waals surface area (Å²) in [6, 6.07) is 3.26. The van der Waals surface area contributed by atoms with Gasteiger partial charge < -0.3 is 29.4 Å². The average molecular weight is 362 g/mol. The second kappa shape index (κ2) is 6.63. The van der Waals surface area contributed by atoms with Crippen LogP contribution in [0.25, 0.3) is 0 Å². The van der Waals surface area contributed by atoms with Crippen molar-refractivity contribution in [3.63, 3.8) is 0 Å². The number of aromatic carboxylic acids is 1. The maximum absolute atomic E-state index is 11.6. The van der Waals surface area contributed by atoms with Gasteiger partial charge in [0, 0.05) is 30.2 Å². The molecule has 3 N–H and O–H groups in total. The van der Waals surface area contributed by atoms with E-state index in [1.54, 1.807) is 16.9 Å². The van der Waals surface area contributed by atoms with Crippen molar-refractivity contribution in [2.45, 2.75) is 39.4 Å². The van der Waals surface area contributed by atoms with Gasteiger partial charge in [0.05, 0.1) is 6.20 Å².